The lowest BCUT2D eigenvalue weighted by Gasteiger charge is -2.15. The molecule has 1 N–H and O–H groups in total. The second kappa shape index (κ2) is 7.19. The van der Waals surface area contributed by atoms with E-state index in [-0.39, 0.29) is 34.9 Å². The van der Waals surface area contributed by atoms with Gasteiger partial charge in [0.2, 0.25) is 5.91 Å². The van der Waals surface area contributed by atoms with Crippen molar-refractivity contribution in [3.63, 3.8) is 0 Å². The molecule has 4 nitrogen and oxygen atoms in total. The van der Waals surface area contributed by atoms with Gasteiger partial charge in [-0.15, -0.1) is 0 Å². The Hall–Kier alpha value is -1.47. The summed E-state index contributed by atoms with van der Waals surface area (Å²) in [5.74, 6) is -0.461. The molecule has 0 bridgehead atoms. The monoisotopic (exact) mass is 337 g/mol. The zero-order chi connectivity index (χ0) is 16.2. The Bertz CT molecular complexity index is 531. The number of carbonyl (C=O) groups excluding carboxylic acids is 1. The number of alkyl halides is 3. The number of benzene rings is 1. The third-order valence-corrected chi connectivity index (χ3v) is 3.28. The molecule has 0 spiro atoms. The molecular formula is C14H15ClF3NO3. The minimum atomic E-state index is -4.47. The van der Waals surface area contributed by atoms with Gasteiger partial charge in [-0.3, -0.25) is 4.79 Å². The van der Waals surface area contributed by atoms with Crippen molar-refractivity contribution in [2.75, 3.05) is 18.5 Å². The topological polar surface area (TPSA) is 47.6 Å². The Morgan fingerprint density at radius 2 is 2.23 bits per heavy atom. The van der Waals surface area contributed by atoms with E-state index < -0.39 is 12.8 Å². The van der Waals surface area contributed by atoms with Crippen molar-refractivity contribution in [2.24, 2.45) is 0 Å². The van der Waals surface area contributed by atoms with E-state index in [4.69, 9.17) is 21.1 Å². The molecule has 1 aliphatic heterocycles. The molecule has 1 atom stereocenters. The maximum Gasteiger partial charge on any atom is 0.422 e. The van der Waals surface area contributed by atoms with Gasteiger partial charge in [0, 0.05) is 17.7 Å². The third kappa shape index (κ3) is 5.38. The van der Waals surface area contributed by atoms with Gasteiger partial charge in [0.25, 0.3) is 0 Å². The molecule has 0 aliphatic carbocycles. The van der Waals surface area contributed by atoms with Crippen LogP contribution >= 0.6 is 11.6 Å². The number of hydrogen-bond donors (Lipinski definition) is 1. The second-order valence-corrected chi connectivity index (χ2v) is 5.37. The Labute approximate surface area is 130 Å². The minimum Gasteiger partial charge on any atom is -0.482 e. The van der Waals surface area contributed by atoms with Crippen LogP contribution in [0.2, 0.25) is 5.02 Å². The maximum atomic E-state index is 12.2. The van der Waals surface area contributed by atoms with Crippen molar-refractivity contribution in [3.8, 4) is 5.75 Å². The molecular weight excluding hydrogens is 323 g/mol. The van der Waals surface area contributed by atoms with E-state index in [1.807, 2.05) is 0 Å². The lowest BCUT2D eigenvalue weighted by atomic mass is 10.1. The molecule has 0 unspecified atom stereocenters. The van der Waals surface area contributed by atoms with E-state index >= 15 is 0 Å². The fourth-order valence-corrected chi connectivity index (χ4v) is 2.25. The summed E-state index contributed by atoms with van der Waals surface area (Å²) in [4.78, 5) is 11.9. The Morgan fingerprint density at radius 3 is 2.86 bits per heavy atom. The predicted octanol–water partition coefficient (Wildman–Crippen LogP) is 3.79. The highest BCUT2D eigenvalue weighted by molar-refractivity contribution is 6.30. The SMILES string of the molecule is O=C(C[C@@H]1CCCO1)Nc1ccc(Cl)cc1OCC(F)(F)F. The molecule has 1 heterocycles. The first-order chi connectivity index (χ1) is 10.3. The fraction of sp³-hybridized carbons (Fsp3) is 0.500. The molecule has 1 amide bonds. The van der Waals surface area contributed by atoms with E-state index in [0.717, 1.165) is 12.8 Å². The summed E-state index contributed by atoms with van der Waals surface area (Å²) in [5, 5.41) is 2.75. The molecule has 22 heavy (non-hydrogen) atoms. The van der Waals surface area contributed by atoms with Gasteiger partial charge < -0.3 is 14.8 Å². The number of anilines is 1. The number of halogens is 4. The fourth-order valence-electron chi connectivity index (χ4n) is 2.09. The van der Waals surface area contributed by atoms with Crippen molar-refractivity contribution in [3.05, 3.63) is 23.2 Å². The molecule has 0 radical (unpaired) electrons. The van der Waals surface area contributed by atoms with Crippen molar-refractivity contribution < 1.29 is 27.4 Å². The molecule has 0 aromatic heterocycles. The summed E-state index contributed by atoms with van der Waals surface area (Å²) >= 11 is 5.75. The minimum absolute atomic E-state index is 0.120. The summed E-state index contributed by atoms with van der Waals surface area (Å²) in [6, 6.07) is 4.10. The van der Waals surface area contributed by atoms with Crippen LogP contribution in [0, 0.1) is 0 Å². The number of carbonyl (C=O) groups is 1. The van der Waals surface area contributed by atoms with Crippen molar-refractivity contribution in [1.29, 1.82) is 0 Å². The average molecular weight is 338 g/mol. The number of rotatable bonds is 5. The Balaban J connectivity index is 2.00. The smallest absolute Gasteiger partial charge is 0.422 e. The van der Waals surface area contributed by atoms with Crippen LogP contribution in [-0.2, 0) is 9.53 Å². The third-order valence-electron chi connectivity index (χ3n) is 3.05. The molecule has 1 aliphatic rings. The van der Waals surface area contributed by atoms with E-state index in [0.29, 0.717) is 6.61 Å². The number of ether oxygens (including phenoxy) is 2. The van der Waals surface area contributed by atoms with Gasteiger partial charge in [-0.2, -0.15) is 13.2 Å². The van der Waals surface area contributed by atoms with Crippen LogP contribution in [-0.4, -0.2) is 31.4 Å². The maximum absolute atomic E-state index is 12.2. The van der Waals surface area contributed by atoms with Crippen LogP contribution in [0.4, 0.5) is 18.9 Å². The van der Waals surface area contributed by atoms with Crippen molar-refractivity contribution >= 4 is 23.2 Å². The van der Waals surface area contributed by atoms with Crippen LogP contribution in [0.5, 0.6) is 5.75 Å². The highest BCUT2D eigenvalue weighted by Gasteiger charge is 2.29. The normalized spacial score (nSPS) is 18.3. The molecule has 1 saturated heterocycles. The number of nitrogens with one attached hydrogen (secondary N) is 1. The highest BCUT2D eigenvalue weighted by atomic mass is 35.5. The summed E-state index contributed by atoms with van der Waals surface area (Å²) in [5.41, 5.74) is 0.150. The van der Waals surface area contributed by atoms with Gasteiger partial charge in [0.1, 0.15) is 5.75 Å². The average Bonchev–Trinajstić information content (AvgIpc) is 2.91. The molecule has 1 aromatic rings. The van der Waals surface area contributed by atoms with E-state index in [2.05, 4.69) is 5.32 Å². The van der Waals surface area contributed by atoms with Crippen molar-refractivity contribution in [2.45, 2.75) is 31.5 Å². The molecule has 2 rings (SSSR count). The number of hydrogen-bond acceptors (Lipinski definition) is 3. The van der Waals surface area contributed by atoms with Gasteiger partial charge in [0.15, 0.2) is 6.61 Å². The lowest BCUT2D eigenvalue weighted by Crippen LogP contribution is -2.22. The molecule has 0 saturated carbocycles. The first kappa shape index (κ1) is 16.9. The van der Waals surface area contributed by atoms with Crippen LogP contribution in [0.1, 0.15) is 19.3 Å². The Kier molecular flexibility index (Phi) is 5.52. The van der Waals surface area contributed by atoms with E-state index in [1.165, 1.54) is 18.2 Å². The lowest BCUT2D eigenvalue weighted by molar-refractivity contribution is -0.153. The molecule has 1 aromatic carbocycles. The zero-order valence-corrected chi connectivity index (χ0v) is 12.3. The quantitative estimate of drug-likeness (QED) is 0.889. The van der Waals surface area contributed by atoms with Gasteiger partial charge >= 0.3 is 6.18 Å². The zero-order valence-electron chi connectivity index (χ0n) is 11.6. The first-order valence-corrected chi connectivity index (χ1v) is 7.12. The summed E-state index contributed by atoms with van der Waals surface area (Å²) in [7, 11) is 0. The van der Waals surface area contributed by atoms with Crippen LogP contribution in [0.3, 0.4) is 0 Å². The first-order valence-electron chi connectivity index (χ1n) is 6.74. The summed E-state index contributed by atoms with van der Waals surface area (Å²) in [6.45, 7) is -0.833. The molecule has 8 heteroatoms. The van der Waals surface area contributed by atoms with Gasteiger partial charge in [-0.1, -0.05) is 11.6 Å². The largest absolute Gasteiger partial charge is 0.482 e. The second-order valence-electron chi connectivity index (χ2n) is 4.93. The van der Waals surface area contributed by atoms with E-state index in [9.17, 15) is 18.0 Å². The molecule has 1 fully saturated rings. The standard InChI is InChI=1S/C14H15ClF3NO3/c15-9-3-4-11(12(6-9)22-8-14(16,17)18)19-13(20)7-10-2-1-5-21-10/h3-4,6,10H,1-2,5,7-8H2,(H,19,20)/t10-/m0/s1. The van der Waals surface area contributed by atoms with Gasteiger partial charge in [-0.25, -0.2) is 0 Å². The Morgan fingerprint density at radius 1 is 1.45 bits per heavy atom. The van der Waals surface area contributed by atoms with Crippen LogP contribution < -0.4 is 10.1 Å². The number of amides is 1. The summed E-state index contributed by atoms with van der Waals surface area (Å²) < 4.78 is 46.8. The van der Waals surface area contributed by atoms with Crippen LogP contribution in [0.25, 0.3) is 0 Å². The van der Waals surface area contributed by atoms with Gasteiger partial charge in [0.05, 0.1) is 18.2 Å². The van der Waals surface area contributed by atoms with Crippen molar-refractivity contribution in [1.82, 2.24) is 0 Å². The summed E-state index contributed by atoms with van der Waals surface area (Å²) in [6.07, 6.45) is -2.76. The molecule has 122 valence electrons. The predicted molar refractivity (Wildman–Crippen MR) is 75.2 cm³/mol. The highest BCUT2D eigenvalue weighted by Crippen LogP contribution is 2.30. The van der Waals surface area contributed by atoms with Crippen LogP contribution in [0.15, 0.2) is 18.2 Å². The van der Waals surface area contributed by atoms with Gasteiger partial charge in [-0.05, 0) is 25.0 Å². The van der Waals surface area contributed by atoms with E-state index in [1.54, 1.807) is 0 Å².